The second kappa shape index (κ2) is 7.57. The summed E-state index contributed by atoms with van der Waals surface area (Å²) in [7, 11) is 0. The third-order valence-corrected chi connectivity index (χ3v) is 3.67. The lowest BCUT2D eigenvalue weighted by atomic mass is 10.2. The Morgan fingerprint density at radius 3 is 2.72 bits per heavy atom. The number of urea groups is 1. The minimum atomic E-state index is -0.443. The highest BCUT2D eigenvalue weighted by Crippen LogP contribution is 2.23. The van der Waals surface area contributed by atoms with E-state index in [1.54, 1.807) is 12.1 Å². The van der Waals surface area contributed by atoms with Crippen molar-refractivity contribution < 1.29 is 18.4 Å². The number of rotatable bonds is 6. The average molecular weight is 341 g/mol. The summed E-state index contributed by atoms with van der Waals surface area (Å²) in [5.74, 6) is 0.998. The van der Waals surface area contributed by atoms with Crippen LogP contribution < -0.4 is 16.0 Å². The summed E-state index contributed by atoms with van der Waals surface area (Å²) < 4.78 is 10.8. The molecule has 0 saturated carbocycles. The Balaban J connectivity index is 1.44. The van der Waals surface area contributed by atoms with Crippen LogP contribution in [0.15, 0.2) is 57.6 Å². The summed E-state index contributed by atoms with van der Waals surface area (Å²) in [5.41, 5.74) is 0.767. The van der Waals surface area contributed by atoms with Crippen molar-refractivity contribution in [2.45, 2.75) is 19.5 Å². The Kier molecular flexibility index (Phi) is 5.03. The van der Waals surface area contributed by atoms with Crippen LogP contribution in [0.5, 0.6) is 0 Å². The van der Waals surface area contributed by atoms with Crippen LogP contribution in [0.3, 0.4) is 0 Å². The van der Waals surface area contributed by atoms with Gasteiger partial charge in [-0.15, -0.1) is 0 Å². The second-order valence-electron chi connectivity index (χ2n) is 5.59. The van der Waals surface area contributed by atoms with Crippen molar-refractivity contribution in [1.29, 1.82) is 0 Å². The third kappa shape index (κ3) is 4.41. The molecule has 3 amide bonds. The maximum absolute atomic E-state index is 11.9. The number of benzene rings is 1. The largest absolute Gasteiger partial charge is 0.467 e. The molecule has 0 fully saturated rings. The van der Waals surface area contributed by atoms with E-state index < -0.39 is 6.03 Å². The van der Waals surface area contributed by atoms with Gasteiger partial charge in [-0.1, -0.05) is 18.2 Å². The zero-order valence-electron chi connectivity index (χ0n) is 13.7. The molecule has 3 N–H and O–H groups in total. The van der Waals surface area contributed by atoms with E-state index in [0.717, 1.165) is 11.0 Å². The highest BCUT2D eigenvalue weighted by molar-refractivity contribution is 5.84. The number of hydrogen-bond donors (Lipinski definition) is 3. The van der Waals surface area contributed by atoms with Gasteiger partial charge in [-0.2, -0.15) is 0 Å². The van der Waals surface area contributed by atoms with Crippen LogP contribution in [0.1, 0.15) is 24.5 Å². The predicted molar refractivity (Wildman–Crippen MR) is 91.7 cm³/mol. The first-order chi connectivity index (χ1) is 12.1. The molecule has 7 nitrogen and oxygen atoms in total. The van der Waals surface area contributed by atoms with E-state index in [1.807, 2.05) is 37.3 Å². The molecular weight excluding hydrogens is 322 g/mol. The number of carbonyl (C=O) groups is 2. The summed E-state index contributed by atoms with van der Waals surface area (Å²) in [6.07, 6.45) is 1.53. The first kappa shape index (κ1) is 16.6. The molecule has 0 spiro atoms. The van der Waals surface area contributed by atoms with Gasteiger partial charge in [0.1, 0.15) is 17.1 Å². The van der Waals surface area contributed by atoms with Gasteiger partial charge in [0.25, 0.3) is 0 Å². The van der Waals surface area contributed by atoms with Crippen LogP contribution in [0.25, 0.3) is 11.0 Å². The molecule has 0 bridgehead atoms. The van der Waals surface area contributed by atoms with Crippen LogP contribution in [-0.4, -0.2) is 18.5 Å². The van der Waals surface area contributed by atoms with E-state index in [1.165, 1.54) is 6.26 Å². The van der Waals surface area contributed by atoms with Crippen LogP contribution in [0.4, 0.5) is 4.79 Å². The topological polar surface area (TPSA) is 96.5 Å². The molecular formula is C18H19N3O4. The molecule has 2 aromatic heterocycles. The minimum Gasteiger partial charge on any atom is -0.467 e. The maximum Gasteiger partial charge on any atom is 0.315 e. The molecule has 0 radical (unpaired) electrons. The summed E-state index contributed by atoms with van der Waals surface area (Å²) in [4.78, 5) is 23.6. The number of furan rings is 2. The van der Waals surface area contributed by atoms with E-state index in [0.29, 0.717) is 11.5 Å². The van der Waals surface area contributed by atoms with Crippen molar-refractivity contribution in [2.24, 2.45) is 0 Å². The normalized spacial score (nSPS) is 11.9. The van der Waals surface area contributed by atoms with E-state index in [4.69, 9.17) is 8.83 Å². The minimum absolute atomic E-state index is 0.126. The molecule has 1 unspecified atom stereocenters. The van der Waals surface area contributed by atoms with Gasteiger partial charge in [0.05, 0.1) is 25.4 Å². The lowest BCUT2D eigenvalue weighted by Gasteiger charge is -2.12. The maximum atomic E-state index is 11.9. The van der Waals surface area contributed by atoms with Gasteiger partial charge < -0.3 is 24.8 Å². The number of para-hydroxylation sites is 1. The lowest BCUT2D eigenvalue weighted by Crippen LogP contribution is -2.42. The standard InChI is InChI=1S/C18H19N3O4/c1-12(16-9-13-5-2-3-7-15(13)25-16)21-18(23)20-11-17(22)19-10-14-6-4-8-24-14/h2-9,12H,10-11H2,1H3,(H,19,22)(H2,20,21,23). The van der Waals surface area contributed by atoms with E-state index in [9.17, 15) is 9.59 Å². The molecule has 0 saturated heterocycles. The highest BCUT2D eigenvalue weighted by Gasteiger charge is 2.14. The Bertz CT molecular complexity index is 821. The molecule has 0 aliphatic carbocycles. The summed E-state index contributed by atoms with van der Waals surface area (Å²) in [6.45, 7) is 1.97. The lowest BCUT2D eigenvalue weighted by molar-refractivity contribution is -0.120. The summed E-state index contributed by atoms with van der Waals surface area (Å²) >= 11 is 0. The van der Waals surface area contributed by atoms with Crippen LogP contribution in [-0.2, 0) is 11.3 Å². The molecule has 0 aliphatic rings. The smallest absolute Gasteiger partial charge is 0.315 e. The summed E-state index contributed by atoms with van der Waals surface area (Å²) in [5, 5.41) is 8.88. The SMILES string of the molecule is CC(NC(=O)NCC(=O)NCc1ccco1)c1cc2ccccc2o1. The molecule has 1 aromatic carbocycles. The zero-order valence-corrected chi connectivity index (χ0v) is 13.7. The first-order valence-electron chi connectivity index (χ1n) is 7.94. The van der Waals surface area contributed by atoms with Crippen LogP contribution in [0.2, 0.25) is 0 Å². The van der Waals surface area contributed by atoms with E-state index in [2.05, 4.69) is 16.0 Å². The van der Waals surface area contributed by atoms with Gasteiger partial charge in [0.2, 0.25) is 5.91 Å². The van der Waals surface area contributed by atoms with Crippen molar-refractivity contribution in [3.63, 3.8) is 0 Å². The highest BCUT2D eigenvalue weighted by atomic mass is 16.3. The zero-order chi connectivity index (χ0) is 17.6. The molecule has 1 atom stereocenters. The van der Waals surface area contributed by atoms with Crippen molar-refractivity contribution in [3.8, 4) is 0 Å². The quantitative estimate of drug-likeness (QED) is 0.642. The number of amides is 3. The fourth-order valence-electron chi connectivity index (χ4n) is 2.36. The number of nitrogens with one attached hydrogen (secondary N) is 3. The molecule has 130 valence electrons. The predicted octanol–water partition coefficient (Wildman–Crippen LogP) is 2.70. The van der Waals surface area contributed by atoms with Crippen molar-refractivity contribution in [3.05, 3.63) is 60.2 Å². The Morgan fingerprint density at radius 1 is 1.12 bits per heavy atom. The summed E-state index contributed by atoms with van der Waals surface area (Å²) in [6, 6.07) is 12.3. The molecule has 7 heteroatoms. The first-order valence-corrected chi connectivity index (χ1v) is 7.94. The van der Waals surface area contributed by atoms with Crippen LogP contribution >= 0.6 is 0 Å². The Morgan fingerprint density at radius 2 is 1.96 bits per heavy atom. The molecule has 0 aliphatic heterocycles. The van der Waals surface area contributed by atoms with Gasteiger partial charge in [-0.05, 0) is 31.2 Å². The van der Waals surface area contributed by atoms with Crippen molar-refractivity contribution in [1.82, 2.24) is 16.0 Å². The van der Waals surface area contributed by atoms with E-state index in [-0.39, 0.29) is 25.0 Å². The average Bonchev–Trinajstić information content (AvgIpc) is 3.27. The fourth-order valence-corrected chi connectivity index (χ4v) is 2.36. The van der Waals surface area contributed by atoms with Crippen LogP contribution in [0, 0.1) is 0 Å². The van der Waals surface area contributed by atoms with Crippen molar-refractivity contribution in [2.75, 3.05) is 6.54 Å². The molecule has 2 heterocycles. The number of hydrogen-bond acceptors (Lipinski definition) is 4. The molecule has 25 heavy (non-hydrogen) atoms. The molecule has 3 rings (SSSR count). The molecule has 3 aromatic rings. The third-order valence-electron chi connectivity index (χ3n) is 3.67. The Hall–Kier alpha value is -3.22. The second-order valence-corrected chi connectivity index (χ2v) is 5.59. The Labute approximate surface area is 144 Å². The van der Waals surface area contributed by atoms with Gasteiger partial charge in [-0.25, -0.2) is 4.79 Å². The number of carbonyl (C=O) groups excluding carboxylic acids is 2. The van der Waals surface area contributed by atoms with E-state index >= 15 is 0 Å². The number of fused-ring (bicyclic) bond motifs is 1. The van der Waals surface area contributed by atoms with Gasteiger partial charge in [-0.3, -0.25) is 4.79 Å². The fraction of sp³-hybridized carbons (Fsp3) is 0.222. The van der Waals surface area contributed by atoms with Gasteiger partial charge >= 0.3 is 6.03 Å². The van der Waals surface area contributed by atoms with Gasteiger partial charge in [0.15, 0.2) is 0 Å². The van der Waals surface area contributed by atoms with Gasteiger partial charge in [0, 0.05) is 5.39 Å². The monoisotopic (exact) mass is 341 g/mol. The van der Waals surface area contributed by atoms with Crippen molar-refractivity contribution >= 4 is 22.9 Å².